The maximum atomic E-state index is 12.1. The Morgan fingerprint density at radius 1 is 1.45 bits per heavy atom. The molecule has 1 aromatic rings. The van der Waals surface area contributed by atoms with Gasteiger partial charge in [0, 0.05) is 26.8 Å². The van der Waals surface area contributed by atoms with Crippen molar-refractivity contribution in [1.29, 1.82) is 0 Å². The van der Waals surface area contributed by atoms with Gasteiger partial charge in [0.25, 0.3) is 5.56 Å². The van der Waals surface area contributed by atoms with Crippen molar-refractivity contribution >= 4 is 21.6 Å². The van der Waals surface area contributed by atoms with Gasteiger partial charge in [-0.1, -0.05) is 0 Å². The largest absolute Gasteiger partial charge is 0.385 e. The number of nitrogens with one attached hydrogen (secondary N) is 1. The van der Waals surface area contributed by atoms with E-state index in [4.69, 9.17) is 4.74 Å². The molecule has 0 fully saturated rings. The molecule has 0 saturated carbocycles. The first kappa shape index (κ1) is 17.1. The molecule has 0 aliphatic heterocycles. The Labute approximate surface area is 128 Å². The Balaban J connectivity index is 2.57. The van der Waals surface area contributed by atoms with E-state index in [9.17, 15) is 4.79 Å². The highest BCUT2D eigenvalue weighted by atomic mass is 79.9. The summed E-state index contributed by atoms with van der Waals surface area (Å²) in [5.41, 5.74) is 0.641. The zero-order valence-electron chi connectivity index (χ0n) is 12.4. The van der Waals surface area contributed by atoms with E-state index < -0.39 is 0 Å². The fourth-order valence-electron chi connectivity index (χ4n) is 1.64. The molecular formula is C13H23BrN4O2. The van der Waals surface area contributed by atoms with E-state index in [0.717, 1.165) is 38.2 Å². The molecule has 114 valence electrons. The molecule has 1 rings (SSSR count). The van der Waals surface area contributed by atoms with Crippen molar-refractivity contribution in [3.8, 4) is 0 Å². The van der Waals surface area contributed by atoms with Crippen molar-refractivity contribution in [2.45, 2.75) is 19.4 Å². The minimum atomic E-state index is -0.103. The predicted molar refractivity (Wildman–Crippen MR) is 84.4 cm³/mol. The summed E-state index contributed by atoms with van der Waals surface area (Å²) in [6, 6.07) is 0. The minimum absolute atomic E-state index is 0.103. The van der Waals surface area contributed by atoms with Crippen LogP contribution in [0.3, 0.4) is 0 Å². The van der Waals surface area contributed by atoms with Crippen molar-refractivity contribution in [2.24, 2.45) is 0 Å². The summed E-state index contributed by atoms with van der Waals surface area (Å²) >= 11 is 3.35. The van der Waals surface area contributed by atoms with Crippen LogP contribution in [0.15, 0.2) is 15.5 Å². The van der Waals surface area contributed by atoms with Crippen LogP contribution in [0.4, 0.5) is 5.69 Å². The molecule has 20 heavy (non-hydrogen) atoms. The number of nitrogens with zero attached hydrogens (tertiary/aromatic N) is 3. The molecule has 0 radical (unpaired) electrons. The topological polar surface area (TPSA) is 59.4 Å². The van der Waals surface area contributed by atoms with Crippen LogP contribution >= 0.6 is 15.9 Å². The van der Waals surface area contributed by atoms with Crippen LogP contribution in [-0.4, -0.2) is 55.6 Å². The van der Waals surface area contributed by atoms with Gasteiger partial charge in [-0.3, -0.25) is 4.79 Å². The van der Waals surface area contributed by atoms with E-state index in [1.54, 1.807) is 13.3 Å². The molecule has 0 aliphatic rings. The lowest BCUT2D eigenvalue weighted by Crippen LogP contribution is -2.29. The number of halogens is 1. The first-order valence-electron chi connectivity index (χ1n) is 6.69. The lowest BCUT2D eigenvalue weighted by Gasteiger charge is -2.12. The van der Waals surface area contributed by atoms with Crippen molar-refractivity contribution in [1.82, 2.24) is 14.7 Å². The second kappa shape index (κ2) is 9.10. The molecule has 0 unspecified atom stereocenters. The monoisotopic (exact) mass is 346 g/mol. The molecule has 0 saturated heterocycles. The van der Waals surface area contributed by atoms with Crippen LogP contribution in [0.5, 0.6) is 0 Å². The summed E-state index contributed by atoms with van der Waals surface area (Å²) in [4.78, 5) is 14.1. The van der Waals surface area contributed by atoms with Gasteiger partial charge in [0.15, 0.2) is 0 Å². The Bertz CT molecular complexity index is 462. The van der Waals surface area contributed by atoms with Crippen LogP contribution in [0.1, 0.15) is 12.8 Å². The molecule has 6 nitrogen and oxygen atoms in total. The second-order valence-corrected chi connectivity index (χ2v) is 5.62. The highest BCUT2D eigenvalue weighted by molar-refractivity contribution is 9.10. The molecule has 0 spiro atoms. The average Bonchev–Trinajstić information content (AvgIpc) is 2.42. The summed E-state index contributed by atoms with van der Waals surface area (Å²) < 4.78 is 7.00. The highest BCUT2D eigenvalue weighted by Gasteiger charge is 2.08. The fourth-order valence-corrected chi connectivity index (χ4v) is 2.08. The number of methoxy groups -OCH3 is 1. The molecule has 0 aliphatic carbocycles. The molecule has 1 aromatic heterocycles. The first-order chi connectivity index (χ1) is 9.56. The SMILES string of the molecule is COCCCCNc1cnn(CCN(C)C)c(=O)c1Br. The van der Waals surface area contributed by atoms with Crippen molar-refractivity contribution in [3.63, 3.8) is 0 Å². The first-order valence-corrected chi connectivity index (χ1v) is 7.48. The van der Waals surface area contributed by atoms with Crippen molar-refractivity contribution in [2.75, 3.05) is 46.2 Å². The number of anilines is 1. The van der Waals surface area contributed by atoms with Crippen molar-refractivity contribution in [3.05, 3.63) is 21.0 Å². The number of hydrogen-bond donors (Lipinski definition) is 1. The number of aromatic nitrogens is 2. The quantitative estimate of drug-likeness (QED) is 0.685. The third-order valence-electron chi connectivity index (χ3n) is 2.83. The van der Waals surface area contributed by atoms with Crippen LogP contribution in [0.25, 0.3) is 0 Å². The molecule has 0 amide bonds. The van der Waals surface area contributed by atoms with E-state index in [2.05, 4.69) is 26.3 Å². The van der Waals surface area contributed by atoms with Gasteiger partial charge in [0.05, 0.1) is 18.4 Å². The van der Waals surface area contributed by atoms with Gasteiger partial charge < -0.3 is 15.0 Å². The Morgan fingerprint density at radius 3 is 2.85 bits per heavy atom. The van der Waals surface area contributed by atoms with E-state index in [0.29, 0.717) is 11.0 Å². The second-order valence-electron chi connectivity index (χ2n) is 4.83. The van der Waals surface area contributed by atoms with Crippen LogP contribution in [0, 0.1) is 0 Å². The Morgan fingerprint density at radius 2 is 2.20 bits per heavy atom. The third kappa shape index (κ3) is 5.60. The molecule has 1 heterocycles. The summed E-state index contributed by atoms with van der Waals surface area (Å²) in [7, 11) is 5.63. The smallest absolute Gasteiger partial charge is 0.283 e. The van der Waals surface area contributed by atoms with Crippen molar-refractivity contribution < 1.29 is 4.74 Å². The molecule has 0 atom stereocenters. The highest BCUT2D eigenvalue weighted by Crippen LogP contribution is 2.16. The van der Waals surface area contributed by atoms with E-state index in [1.165, 1.54) is 4.68 Å². The van der Waals surface area contributed by atoms with E-state index in [1.807, 2.05) is 19.0 Å². The Hall–Kier alpha value is -0.920. The standard InChI is InChI=1S/C13H23BrN4O2/c1-17(2)7-8-18-13(19)12(14)11(10-16-18)15-6-4-5-9-20-3/h10,15H,4-9H2,1-3H3. The van der Waals surface area contributed by atoms with Gasteiger partial charge in [0.2, 0.25) is 0 Å². The predicted octanol–water partition coefficient (Wildman–Crippen LogP) is 1.41. The number of hydrogen-bond acceptors (Lipinski definition) is 5. The summed E-state index contributed by atoms with van der Waals surface area (Å²) in [5, 5.41) is 7.40. The molecule has 0 aromatic carbocycles. The van der Waals surface area contributed by atoms with Gasteiger partial charge in [-0.25, -0.2) is 4.68 Å². The normalized spacial score (nSPS) is 11.1. The summed E-state index contributed by atoms with van der Waals surface area (Å²) in [6.07, 6.45) is 3.68. The summed E-state index contributed by atoms with van der Waals surface area (Å²) in [6.45, 7) is 2.92. The van der Waals surface area contributed by atoms with Crippen LogP contribution < -0.4 is 10.9 Å². The van der Waals surface area contributed by atoms with Gasteiger partial charge in [0.1, 0.15) is 4.47 Å². The molecular weight excluding hydrogens is 324 g/mol. The van der Waals surface area contributed by atoms with Crippen LogP contribution in [-0.2, 0) is 11.3 Å². The zero-order valence-corrected chi connectivity index (χ0v) is 13.9. The number of ether oxygens (including phenoxy) is 1. The van der Waals surface area contributed by atoms with Gasteiger partial charge in [-0.05, 0) is 42.9 Å². The number of unbranched alkanes of at least 4 members (excludes halogenated alkanes) is 1. The number of likely N-dealkylation sites (N-methyl/N-ethyl adjacent to an activating group) is 1. The molecule has 0 bridgehead atoms. The maximum Gasteiger partial charge on any atom is 0.283 e. The van der Waals surface area contributed by atoms with E-state index >= 15 is 0 Å². The lowest BCUT2D eigenvalue weighted by atomic mass is 10.3. The number of rotatable bonds is 9. The maximum absolute atomic E-state index is 12.1. The molecule has 7 heteroatoms. The van der Waals surface area contributed by atoms with Crippen LogP contribution in [0.2, 0.25) is 0 Å². The minimum Gasteiger partial charge on any atom is -0.385 e. The summed E-state index contributed by atoms with van der Waals surface area (Å²) in [5.74, 6) is 0. The fraction of sp³-hybridized carbons (Fsp3) is 0.692. The van der Waals surface area contributed by atoms with E-state index in [-0.39, 0.29) is 5.56 Å². The van der Waals surface area contributed by atoms with Gasteiger partial charge in [-0.15, -0.1) is 0 Å². The van der Waals surface area contributed by atoms with Gasteiger partial charge >= 0.3 is 0 Å². The third-order valence-corrected chi connectivity index (χ3v) is 3.60. The zero-order chi connectivity index (χ0) is 15.0. The molecule has 1 N–H and O–H groups in total. The van der Waals surface area contributed by atoms with Gasteiger partial charge in [-0.2, -0.15) is 5.10 Å². The lowest BCUT2D eigenvalue weighted by molar-refractivity contribution is 0.194. The Kier molecular flexibility index (Phi) is 7.79. The average molecular weight is 347 g/mol.